The Kier molecular flexibility index (Phi) is 5.90. The molecular weight excluding hydrogens is 400 g/mol. The van der Waals surface area contributed by atoms with Gasteiger partial charge in [-0.3, -0.25) is 4.79 Å². The third-order valence-electron chi connectivity index (χ3n) is 6.31. The van der Waals surface area contributed by atoms with Gasteiger partial charge in [0.15, 0.2) is 0 Å². The maximum absolute atomic E-state index is 12.8. The summed E-state index contributed by atoms with van der Waals surface area (Å²) in [6.45, 7) is 5.46. The number of imidazole rings is 1. The predicted octanol–water partition coefficient (Wildman–Crippen LogP) is 2.94. The van der Waals surface area contributed by atoms with E-state index in [9.17, 15) is 13.2 Å². The van der Waals surface area contributed by atoms with Crippen molar-refractivity contribution in [2.24, 2.45) is 13.0 Å². The quantitative estimate of drug-likeness (QED) is 0.578. The minimum absolute atomic E-state index is 0.223. The van der Waals surface area contributed by atoms with Crippen LogP contribution in [0, 0.1) is 5.92 Å². The number of amides is 1. The van der Waals surface area contributed by atoms with Crippen molar-refractivity contribution in [3.05, 3.63) is 24.0 Å². The summed E-state index contributed by atoms with van der Waals surface area (Å²) in [6, 6.07) is 5.56. The Morgan fingerprint density at radius 1 is 1.17 bits per heavy atom. The zero-order valence-corrected chi connectivity index (χ0v) is 19.0. The zero-order chi connectivity index (χ0) is 21.5. The second-order valence-electron chi connectivity index (χ2n) is 8.55. The summed E-state index contributed by atoms with van der Waals surface area (Å²) in [5.74, 6) is 1.75. The number of hydrogen-bond acceptors (Lipinski definition) is 4. The van der Waals surface area contributed by atoms with Crippen LogP contribution in [0.2, 0.25) is 0 Å². The van der Waals surface area contributed by atoms with Crippen LogP contribution >= 0.6 is 0 Å². The Morgan fingerprint density at radius 3 is 2.47 bits per heavy atom. The molecule has 0 saturated heterocycles. The number of sulfonamides is 1. The third kappa shape index (κ3) is 4.25. The Hall–Kier alpha value is -1.93. The predicted molar refractivity (Wildman–Crippen MR) is 117 cm³/mol. The standard InChI is InChI=1S/C22H32N4O3S/c1-4-25(5-2)30(28,29)18-10-11-20-19(14-18)23-21(24(20)3)12-13-22(27)26(17-8-9-17)15-16-6-7-16/h10-11,14,16-17H,4-9,12-13,15H2,1-3H3. The van der Waals surface area contributed by atoms with Gasteiger partial charge in [0.2, 0.25) is 15.9 Å². The van der Waals surface area contributed by atoms with Crippen LogP contribution < -0.4 is 0 Å². The Morgan fingerprint density at radius 2 is 1.87 bits per heavy atom. The molecule has 1 amide bonds. The molecule has 0 N–H and O–H groups in total. The van der Waals surface area contributed by atoms with E-state index in [0.717, 1.165) is 30.7 Å². The molecule has 0 aliphatic heterocycles. The second kappa shape index (κ2) is 8.30. The van der Waals surface area contributed by atoms with Crippen LogP contribution in [0.4, 0.5) is 0 Å². The molecule has 0 unspecified atom stereocenters. The number of aromatic nitrogens is 2. The number of rotatable bonds is 10. The molecule has 1 aromatic carbocycles. The van der Waals surface area contributed by atoms with Gasteiger partial charge in [-0.1, -0.05) is 13.8 Å². The summed E-state index contributed by atoms with van der Waals surface area (Å²) < 4.78 is 29.1. The first kappa shape index (κ1) is 21.3. The maximum Gasteiger partial charge on any atom is 0.243 e. The summed E-state index contributed by atoms with van der Waals surface area (Å²) >= 11 is 0. The van der Waals surface area contributed by atoms with Gasteiger partial charge in [0.25, 0.3) is 0 Å². The third-order valence-corrected chi connectivity index (χ3v) is 8.36. The van der Waals surface area contributed by atoms with Crippen LogP contribution in [-0.4, -0.2) is 58.8 Å². The highest BCUT2D eigenvalue weighted by Crippen LogP contribution is 2.35. The smallest absolute Gasteiger partial charge is 0.243 e. The van der Waals surface area contributed by atoms with E-state index in [4.69, 9.17) is 0 Å². The lowest BCUT2D eigenvalue weighted by atomic mass is 10.2. The zero-order valence-electron chi connectivity index (χ0n) is 18.2. The van der Waals surface area contributed by atoms with Crippen molar-refractivity contribution in [3.8, 4) is 0 Å². The fourth-order valence-electron chi connectivity index (χ4n) is 4.11. The summed E-state index contributed by atoms with van der Waals surface area (Å²) in [5, 5.41) is 0. The molecule has 4 rings (SSSR count). The van der Waals surface area contributed by atoms with E-state index in [0.29, 0.717) is 43.4 Å². The van der Waals surface area contributed by atoms with Crippen molar-refractivity contribution in [2.75, 3.05) is 19.6 Å². The van der Waals surface area contributed by atoms with Crippen LogP contribution in [0.15, 0.2) is 23.1 Å². The van der Waals surface area contributed by atoms with E-state index in [-0.39, 0.29) is 10.8 Å². The van der Waals surface area contributed by atoms with Crippen LogP contribution in [0.5, 0.6) is 0 Å². The lowest BCUT2D eigenvalue weighted by Gasteiger charge is -2.22. The number of aryl methyl sites for hydroxylation is 2. The molecule has 2 aromatic rings. The summed E-state index contributed by atoms with van der Waals surface area (Å²) in [5.41, 5.74) is 1.54. The number of benzene rings is 1. The highest BCUT2D eigenvalue weighted by atomic mass is 32.2. The lowest BCUT2D eigenvalue weighted by Crippen LogP contribution is -2.35. The van der Waals surface area contributed by atoms with Gasteiger partial charge in [0.1, 0.15) is 5.82 Å². The van der Waals surface area contributed by atoms with Crippen molar-refractivity contribution < 1.29 is 13.2 Å². The first-order valence-electron chi connectivity index (χ1n) is 11.1. The monoisotopic (exact) mass is 432 g/mol. The molecule has 2 fully saturated rings. The van der Waals surface area contributed by atoms with Gasteiger partial charge in [0, 0.05) is 45.6 Å². The first-order chi connectivity index (χ1) is 14.3. The van der Waals surface area contributed by atoms with E-state index < -0.39 is 10.0 Å². The van der Waals surface area contributed by atoms with E-state index in [2.05, 4.69) is 9.88 Å². The molecule has 30 heavy (non-hydrogen) atoms. The van der Waals surface area contributed by atoms with Crippen molar-refractivity contribution in [3.63, 3.8) is 0 Å². The van der Waals surface area contributed by atoms with Gasteiger partial charge < -0.3 is 9.47 Å². The molecule has 1 aromatic heterocycles. The molecule has 0 spiro atoms. The highest BCUT2D eigenvalue weighted by Gasteiger charge is 2.36. The molecule has 2 aliphatic rings. The molecule has 2 aliphatic carbocycles. The van der Waals surface area contributed by atoms with Crippen LogP contribution in [0.3, 0.4) is 0 Å². The van der Waals surface area contributed by atoms with Crippen molar-refractivity contribution in [2.45, 2.75) is 63.3 Å². The molecule has 0 atom stereocenters. The molecular formula is C22H32N4O3S. The summed E-state index contributed by atoms with van der Waals surface area (Å²) in [7, 11) is -1.59. The normalized spacial score (nSPS) is 17.1. The van der Waals surface area contributed by atoms with Crippen LogP contribution in [-0.2, 0) is 28.3 Å². The molecule has 0 radical (unpaired) electrons. The average molecular weight is 433 g/mol. The fourth-order valence-corrected chi connectivity index (χ4v) is 5.59. The van der Waals surface area contributed by atoms with Gasteiger partial charge in [-0.05, 0) is 49.8 Å². The highest BCUT2D eigenvalue weighted by molar-refractivity contribution is 7.89. The summed E-state index contributed by atoms with van der Waals surface area (Å²) in [4.78, 5) is 19.8. The minimum Gasteiger partial charge on any atom is -0.339 e. The molecule has 7 nitrogen and oxygen atoms in total. The number of carbonyl (C=O) groups is 1. The van der Waals surface area contributed by atoms with Crippen molar-refractivity contribution in [1.82, 2.24) is 18.8 Å². The largest absolute Gasteiger partial charge is 0.339 e. The first-order valence-corrected chi connectivity index (χ1v) is 12.5. The van der Waals surface area contributed by atoms with Crippen LogP contribution in [0.1, 0.15) is 51.8 Å². The Bertz CT molecular complexity index is 1030. The average Bonchev–Trinajstić information content (AvgIpc) is 3.64. The van der Waals surface area contributed by atoms with Crippen LogP contribution in [0.25, 0.3) is 11.0 Å². The minimum atomic E-state index is -3.52. The lowest BCUT2D eigenvalue weighted by molar-refractivity contribution is -0.132. The number of fused-ring (bicyclic) bond motifs is 1. The van der Waals surface area contributed by atoms with E-state index in [1.165, 1.54) is 17.1 Å². The fraction of sp³-hybridized carbons (Fsp3) is 0.636. The van der Waals surface area contributed by atoms with Crippen molar-refractivity contribution in [1.29, 1.82) is 0 Å². The van der Waals surface area contributed by atoms with Crippen molar-refractivity contribution >= 4 is 27.0 Å². The number of carbonyl (C=O) groups excluding carboxylic acids is 1. The SMILES string of the molecule is CCN(CC)S(=O)(=O)c1ccc2c(c1)nc(CCC(=O)N(CC1CC1)C1CC1)n2C. The van der Waals surface area contributed by atoms with Gasteiger partial charge in [0.05, 0.1) is 15.9 Å². The van der Waals surface area contributed by atoms with E-state index in [1.54, 1.807) is 12.1 Å². The molecule has 164 valence electrons. The Labute approximate surface area is 179 Å². The van der Waals surface area contributed by atoms with Gasteiger partial charge in [-0.15, -0.1) is 0 Å². The number of nitrogens with zero attached hydrogens (tertiary/aromatic N) is 4. The van der Waals surface area contributed by atoms with Gasteiger partial charge >= 0.3 is 0 Å². The van der Waals surface area contributed by atoms with Gasteiger partial charge in [-0.2, -0.15) is 4.31 Å². The molecule has 0 bridgehead atoms. The van der Waals surface area contributed by atoms with E-state index in [1.807, 2.05) is 31.5 Å². The number of hydrogen-bond donors (Lipinski definition) is 0. The second-order valence-corrected chi connectivity index (χ2v) is 10.5. The van der Waals surface area contributed by atoms with Gasteiger partial charge in [-0.25, -0.2) is 13.4 Å². The summed E-state index contributed by atoms with van der Waals surface area (Å²) in [6.07, 6.45) is 5.78. The molecule has 2 saturated carbocycles. The molecule has 8 heteroatoms. The molecule has 1 heterocycles. The van der Waals surface area contributed by atoms with E-state index >= 15 is 0 Å². The maximum atomic E-state index is 12.8. The Balaban J connectivity index is 1.51. The topological polar surface area (TPSA) is 75.5 Å².